The monoisotopic (exact) mass is 461 g/mol. The summed E-state index contributed by atoms with van der Waals surface area (Å²) in [5.41, 5.74) is 2.88. The van der Waals surface area contributed by atoms with Crippen molar-refractivity contribution >= 4 is 29.1 Å². The fraction of sp³-hybridized carbons (Fsp3) is 0.278. The maximum atomic E-state index is 6.51. The quantitative estimate of drug-likeness (QED) is 0.491. The molecule has 5 heteroatoms. The standard InChI is InChI=1S/C18H18Cl2NO.HI/c1-18(2)11-22-17(21(18)3)16-14(9-13(19)10-15(16)20)12-7-5-4-6-8-12;/h4-10H,11H2,1-3H3;1H/q+1;/p-1. The molecule has 0 N–H and O–H groups in total. The molecule has 0 radical (unpaired) electrons. The van der Waals surface area contributed by atoms with Crippen molar-refractivity contribution in [1.29, 1.82) is 0 Å². The van der Waals surface area contributed by atoms with Gasteiger partial charge < -0.3 is 28.7 Å². The van der Waals surface area contributed by atoms with Crippen LogP contribution < -0.4 is 24.0 Å². The zero-order valence-corrected chi connectivity index (χ0v) is 16.9. The summed E-state index contributed by atoms with van der Waals surface area (Å²) in [5, 5.41) is 1.22. The minimum Gasteiger partial charge on any atom is -1.00 e. The molecule has 2 aromatic carbocycles. The number of nitrogens with zero attached hydrogens (tertiary/aromatic N) is 1. The van der Waals surface area contributed by atoms with Crippen molar-refractivity contribution in [3.8, 4) is 11.1 Å². The zero-order chi connectivity index (χ0) is 15.9. The topological polar surface area (TPSA) is 12.2 Å². The highest BCUT2D eigenvalue weighted by Crippen LogP contribution is 2.35. The molecule has 2 nitrogen and oxygen atoms in total. The van der Waals surface area contributed by atoms with E-state index in [1.54, 1.807) is 6.07 Å². The van der Waals surface area contributed by atoms with Crippen LogP contribution in [0.4, 0.5) is 0 Å². The minimum absolute atomic E-state index is 0. The van der Waals surface area contributed by atoms with Gasteiger partial charge in [-0.3, -0.25) is 0 Å². The molecule has 0 spiro atoms. The summed E-state index contributed by atoms with van der Waals surface area (Å²) in [4.78, 5) is 0. The summed E-state index contributed by atoms with van der Waals surface area (Å²) < 4.78 is 8.10. The van der Waals surface area contributed by atoms with E-state index in [0.29, 0.717) is 16.7 Å². The Labute approximate surface area is 164 Å². The van der Waals surface area contributed by atoms with E-state index in [9.17, 15) is 0 Å². The average Bonchev–Trinajstić information content (AvgIpc) is 2.74. The van der Waals surface area contributed by atoms with Crippen LogP contribution in [-0.4, -0.2) is 29.7 Å². The van der Waals surface area contributed by atoms with E-state index in [4.69, 9.17) is 27.9 Å². The number of rotatable bonds is 2. The Kier molecular flexibility index (Phi) is 5.64. The first kappa shape index (κ1) is 18.6. The lowest BCUT2D eigenvalue weighted by Crippen LogP contribution is -3.00. The Morgan fingerprint density at radius 1 is 1.09 bits per heavy atom. The maximum absolute atomic E-state index is 6.51. The summed E-state index contributed by atoms with van der Waals surface area (Å²) in [6, 6.07) is 13.8. The molecule has 0 bridgehead atoms. The molecular formula is C18H18Cl2INO. The number of halogens is 3. The number of hydrogen-bond donors (Lipinski definition) is 0. The largest absolute Gasteiger partial charge is 1.00 e. The van der Waals surface area contributed by atoms with Crippen LogP contribution in [0.5, 0.6) is 0 Å². The summed E-state index contributed by atoms with van der Waals surface area (Å²) in [6.07, 6.45) is 0. The van der Waals surface area contributed by atoms with Gasteiger partial charge >= 0.3 is 5.90 Å². The lowest BCUT2D eigenvalue weighted by molar-refractivity contribution is -0.562. The molecule has 2 aromatic rings. The van der Waals surface area contributed by atoms with Crippen molar-refractivity contribution in [2.45, 2.75) is 19.4 Å². The number of likely N-dealkylation sites (N-methyl/N-ethyl adjacent to an activating group) is 1. The van der Waals surface area contributed by atoms with Gasteiger partial charge in [0.05, 0.1) is 5.02 Å². The highest BCUT2D eigenvalue weighted by Gasteiger charge is 2.41. The number of ether oxygens (including phenoxy) is 1. The Bertz CT molecular complexity index is 757. The van der Waals surface area contributed by atoms with Crippen LogP contribution in [0.1, 0.15) is 19.4 Å². The van der Waals surface area contributed by atoms with Crippen molar-refractivity contribution in [3.63, 3.8) is 0 Å². The van der Waals surface area contributed by atoms with Gasteiger partial charge in [-0.1, -0.05) is 53.5 Å². The molecule has 122 valence electrons. The number of benzene rings is 2. The average molecular weight is 462 g/mol. The molecule has 0 saturated heterocycles. The zero-order valence-electron chi connectivity index (χ0n) is 13.2. The second-order valence-electron chi connectivity index (χ2n) is 6.14. The summed E-state index contributed by atoms with van der Waals surface area (Å²) >= 11 is 12.7. The van der Waals surface area contributed by atoms with Crippen molar-refractivity contribution in [1.82, 2.24) is 0 Å². The Morgan fingerprint density at radius 3 is 2.30 bits per heavy atom. The van der Waals surface area contributed by atoms with Crippen molar-refractivity contribution in [2.24, 2.45) is 0 Å². The normalized spacial score (nSPS) is 16.0. The Morgan fingerprint density at radius 2 is 1.74 bits per heavy atom. The van der Waals surface area contributed by atoms with Gasteiger partial charge in [0, 0.05) is 24.4 Å². The molecule has 0 saturated carbocycles. The van der Waals surface area contributed by atoms with Crippen molar-refractivity contribution in [3.05, 3.63) is 58.1 Å². The van der Waals surface area contributed by atoms with E-state index in [2.05, 4.69) is 18.4 Å². The molecular weight excluding hydrogens is 444 g/mol. The minimum atomic E-state index is -0.0632. The van der Waals surface area contributed by atoms with E-state index < -0.39 is 0 Å². The van der Waals surface area contributed by atoms with Gasteiger partial charge in [-0.15, -0.1) is 0 Å². The number of hydrogen-bond acceptors (Lipinski definition) is 1. The highest BCUT2D eigenvalue weighted by molar-refractivity contribution is 6.37. The fourth-order valence-electron chi connectivity index (χ4n) is 2.59. The lowest BCUT2D eigenvalue weighted by atomic mass is 9.99. The van der Waals surface area contributed by atoms with Crippen molar-refractivity contribution in [2.75, 3.05) is 13.7 Å². The fourth-order valence-corrected chi connectivity index (χ4v) is 3.16. The predicted octanol–water partition coefficient (Wildman–Crippen LogP) is 1.86. The van der Waals surface area contributed by atoms with Crippen LogP contribution in [0.25, 0.3) is 11.1 Å². The smallest absolute Gasteiger partial charge is 0.372 e. The molecule has 0 aliphatic carbocycles. The molecule has 1 aliphatic heterocycles. The summed E-state index contributed by atoms with van der Waals surface area (Å²) in [6.45, 7) is 4.92. The van der Waals surface area contributed by atoms with Crippen LogP contribution in [0.15, 0.2) is 42.5 Å². The van der Waals surface area contributed by atoms with Gasteiger partial charge in [0.15, 0.2) is 12.1 Å². The van der Waals surface area contributed by atoms with Gasteiger partial charge in [0.1, 0.15) is 12.6 Å². The summed E-state index contributed by atoms with van der Waals surface area (Å²) in [5.74, 6) is 0.797. The maximum Gasteiger partial charge on any atom is 0.372 e. The van der Waals surface area contributed by atoms with Gasteiger partial charge in [-0.05, 0) is 17.7 Å². The third kappa shape index (κ3) is 3.52. The second kappa shape index (κ2) is 6.99. The molecule has 0 unspecified atom stereocenters. The second-order valence-corrected chi connectivity index (χ2v) is 6.99. The van der Waals surface area contributed by atoms with E-state index in [1.165, 1.54) is 0 Å². The SMILES string of the molecule is C[N+]1=C(c2c(Cl)cc(Cl)cc2-c2ccccc2)OCC1(C)C.[I-]. The van der Waals surface area contributed by atoms with Crippen LogP contribution in [0.3, 0.4) is 0 Å². The van der Waals surface area contributed by atoms with Crippen LogP contribution in [-0.2, 0) is 4.74 Å². The lowest BCUT2D eigenvalue weighted by Gasteiger charge is -2.12. The summed E-state index contributed by atoms with van der Waals surface area (Å²) in [7, 11) is 2.03. The molecule has 1 aliphatic rings. The molecule has 0 fully saturated rings. The van der Waals surface area contributed by atoms with Crippen molar-refractivity contribution < 1.29 is 33.3 Å². The Balaban J connectivity index is 0.00000192. The van der Waals surface area contributed by atoms with Crippen LogP contribution in [0, 0.1) is 0 Å². The third-order valence-electron chi connectivity index (χ3n) is 4.13. The van der Waals surface area contributed by atoms with Gasteiger partial charge in [-0.2, -0.15) is 4.58 Å². The third-order valence-corrected chi connectivity index (χ3v) is 4.64. The van der Waals surface area contributed by atoms with E-state index >= 15 is 0 Å². The molecule has 0 atom stereocenters. The van der Waals surface area contributed by atoms with E-state index in [-0.39, 0.29) is 29.5 Å². The van der Waals surface area contributed by atoms with E-state index in [0.717, 1.165) is 22.6 Å². The van der Waals surface area contributed by atoms with Gasteiger partial charge in [0.25, 0.3) is 0 Å². The Hall–Kier alpha value is -0.780. The van der Waals surface area contributed by atoms with Crippen LogP contribution >= 0.6 is 23.2 Å². The first-order valence-corrected chi connectivity index (χ1v) is 7.94. The molecule has 0 amide bonds. The molecule has 1 heterocycles. The first-order valence-electron chi connectivity index (χ1n) is 7.18. The van der Waals surface area contributed by atoms with Gasteiger partial charge in [0.2, 0.25) is 0 Å². The van der Waals surface area contributed by atoms with Crippen LogP contribution in [0.2, 0.25) is 10.0 Å². The molecule has 0 aromatic heterocycles. The van der Waals surface area contributed by atoms with E-state index in [1.807, 2.05) is 43.4 Å². The highest BCUT2D eigenvalue weighted by atomic mass is 127. The molecule has 23 heavy (non-hydrogen) atoms. The van der Waals surface area contributed by atoms with Gasteiger partial charge in [-0.25, -0.2) is 0 Å². The predicted molar refractivity (Wildman–Crippen MR) is 92.2 cm³/mol. The molecule has 3 rings (SSSR count). The first-order chi connectivity index (χ1) is 10.4.